The van der Waals surface area contributed by atoms with Crippen molar-refractivity contribution in [3.8, 4) is 0 Å². The van der Waals surface area contributed by atoms with Crippen LogP contribution in [0.15, 0.2) is 53.0 Å². The summed E-state index contributed by atoms with van der Waals surface area (Å²) in [6, 6.07) is 6.76. The third kappa shape index (κ3) is 5.94. The second-order valence-corrected chi connectivity index (χ2v) is 14.6. The van der Waals surface area contributed by atoms with Crippen molar-refractivity contribution in [1.82, 2.24) is 14.7 Å². The van der Waals surface area contributed by atoms with E-state index in [1.54, 1.807) is 22.9 Å². The Morgan fingerprint density at radius 3 is 2.35 bits per heavy atom. The molecular weight excluding hydrogens is 654 g/mol. The van der Waals surface area contributed by atoms with Gasteiger partial charge in [-0.15, -0.1) is 0 Å². The predicted octanol–water partition coefficient (Wildman–Crippen LogP) is 3.99. The lowest BCUT2D eigenvalue weighted by atomic mass is 9.74. The molecule has 4 heterocycles. The number of likely N-dealkylation sites (N-methyl/N-ethyl adjacent to an activating group) is 1. The lowest BCUT2D eigenvalue weighted by molar-refractivity contribution is -0.164. The minimum absolute atomic E-state index is 0.104. The minimum atomic E-state index is -1.43. The average Bonchev–Trinajstić information content (AvgIpc) is 3.62. The van der Waals surface area contributed by atoms with Gasteiger partial charge < -0.3 is 29.3 Å². The number of allylic oxidation sites excluding steroid dienone is 1. The minimum Gasteiger partial charge on any atom is -0.455 e. The van der Waals surface area contributed by atoms with E-state index in [9.17, 15) is 24.3 Å². The third-order valence-corrected chi connectivity index (χ3v) is 10.6. The topological polar surface area (TPSA) is 117 Å². The first-order valence-electron chi connectivity index (χ1n) is 16.3. The summed E-state index contributed by atoms with van der Waals surface area (Å²) < 4.78 is 13.5. The monoisotopic (exact) mass is 699 g/mol. The van der Waals surface area contributed by atoms with E-state index in [2.05, 4.69) is 15.9 Å². The Morgan fingerprint density at radius 1 is 1.02 bits per heavy atom. The Labute approximate surface area is 279 Å². The number of esters is 1. The largest absolute Gasteiger partial charge is 0.455 e. The SMILES string of the molecule is CC(C)C[C@H](CO)N1C(=O)[C@H]2[C@@H]3C(=O)O[C@H](c4ccccc4)[C@@H](C)N(C)C(=O)CC/C=C\CN(C(C)C)C(=O)[C@H]1[C@@]21C=C(Br)[C@@H]3O1. The maximum Gasteiger partial charge on any atom is 0.313 e. The van der Waals surface area contributed by atoms with Crippen LogP contribution in [0, 0.1) is 17.8 Å². The molecule has 0 saturated carbocycles. The van der Waals surface area contributed by atoms with E-state index in [1.165, 1.54) is 4.90 Å². The highest BCUT2D eigenvalue weighted by atomic mass is 79.9. The number of amides is 3. The molecule has 4 aliphatic rings. The molecule has 8 atom stereocenters. The highest BCUT2D eigenvalue weighted by molar-refractivity contribution is 9.11. The van der Waals surface area contributed by atoms with Gasteiger partial charge in [-0.2, -0.15) is 0 Å². The van der Waals surface area contributed by atoms with Gasteiger partial charge in [-0.05, 0) is 51.2 Å². The van der Waals surface area contributed by atoms with Gasteiger partial charge in [0.1, 0.15) is 29.8 Å². The van der Waals surface area contributed by atoms with Gasteiger partial charge in [0, 0.05) is 30.5 Å². The van der Waals surface area contributed by atoms with Gasteiger partial charge in [0.05, 0.1) is 24.6 Å². The number of rotatable bonds is 6. The van der Waals surface area contributed by atoms with E-state index >= 15 is 0 Å². The van der Waals surface area contributed by atoms with Crippen molar-refractivity contribution in [3.05, 3.63) is 58.6 Å². The molecule has 1 spiro atoms. The molecule has 5 rings (SSSR count). The summed E-state index contributed by atoms with van der Waals surface area (Å²) in [5.41, 5.74) is -0.719. The lowest BCUT2D eigenvalue weighted by Crippen LogP contribution is -2.59. The number of benzene rings is 1. The van der Waals surface area contributed by atoms with Crippen LogP contribution in [0.4, 0.5) is 0 Å². The van der Waals surface area contributed by atoms with Crippen LogP contribution in [0.25, 0.3) is 0 Å². The van der Waals surface area contributed by atoms with Crippen LogP contribution >= 0.6 is 15.9 Å². The quantitative estimate of drug-likeness (QED) is 0.353. The van der Waals surface area contributed by atoms with Crippen molar-refractivity contribution in [2.24, 2.45) is 17.8 Å². The fourth-order valence-electron chi connectivity index (χ4n) is 7.54. The molecule has 0 aliphatic carbocycles. The summed E-state index contributed by atoms with van der Waals surface area (Å²) in [4.78, 5) is 61.8. The van der Waals surface area contributed by atoms with Crippen LogP contribution in [0.3, 0.4) is 0 Å². The number of ether oxygens (including phenoxy) is 2. The number of cyclic esters (lactones) is 1. The second-order valence-electron chi connectivity index (χ2n) is 13.6. The molecule has 1 aromatic carbocycles. The van der Waals surface area contributed by atoms with Crippen LogP contribution in [0.2, 0.25) is 0 Å². The summed E-state index contributed by atoms with van der Waals surface area (Å²) in [5.74, 6) is -3.42. The molecule has 1 aromatic rings. The first-order chi connectivity index (χ1) is 21.8. The van der Waals surface area contributed by atoms with Crippen LogP contribution in [-0.2, 0) is 28.7 Å². The average molecular weight is 701 g/mol. The maximum atomic E-state index is 14.7. The van der Waals surface area contributed by atoms with E-state index in [-0.39, 0.29) is 43.3 Å². The smallest absolute Gasteiger partial charge is 0.313 e. The molecule has 0 aromatic heterocycles. The Balaban J connectivity index is 1.66. The van der Waals surface area contributed by atoms with Gasteiger partial charge in [-0.3, -0.25) is 19.2 Å². The molecule has 2 fully saturated rings. The molecule has 3 amide bonds. The summed E-state index contributed by atoms with van der Waals surface area (Å²) in [6.07, 6.45) is 5.09. The summed E-state index contributed by atoms with van der Waals surface area (Å²) in [7, 11) is 1.70. The van der Waals surface area contributed by atoms with Gasteiger partial charge in [-0.25, -0.2) is 0 Å². The van der Waals surface area contributed by atoms with E-state index in [1.807, 2.05) is 77.1 Å². The van der Waals surface area contributed by atoms with Crippen LogP contribution < -0.4 is 0 Å². The molecule has 2 saturated heterocycles. The van der Waals surface area contributed by atoms with E-state index < -0.39 is 59.6 Å². The highest BCUT2D eigenvalue weighted by Crippen LogP contribution is 2.59. The summed E-state index contributed by atoms with van der Waals surface area (Å²) in [5, 5.41) is 10.6. The molecule has 11 heteroatoms. The van der Waals surface area contributed by atoms with Crippen LogP contribution in [0.1, 0.15) is 65.5 Å². The van der Waals surface area contributed by atoms with Crippen molar-refractivity contribution < 1.29 is 33.8 Å². The predicted molar refractivity (Wildman–Crippen MR) is 175 cm³/mol. The number of nitrogens with zero attached hydrogens (tertiary/aromatic N) is 3. The number of likely N-dealkylation sites (tertiary alicyclic amines) is 1. The number of halogens is 1. The molecule has 0 unspecified atom stereocenters. The van der Waals surface area contributed by atoms with E-state index in [4.69, 9.17) is 9.47 Å². The molecule has 10 nitrogen and oxygen atoms in total. The number of carbonyl (C=O) groups is 4. The molecule has 0 radical (unpaired) electrons. The Hall–Kier alpha value is -3.02. The highest BCUT2D eigenvalue weighted by Gasteiger charge is 2.75. The van der Waals surface area contributed by atoms with E-state index in [0.29, 0.717) is 22.9 Å². The normalized spacial score (nSPS) is 33.5. The van der Waals surface area contributed by atoms with Gasteiger partial charge in [0.25, 0.3) is 0 Å². The number of aliphatic hydroxyl groups excluding tert-OH is 1. The Bertz CT molecular complexity index is 1400. The maximum absolute atomic E-state index is 14.7. The molecule has 4 aliphatic heterocycles. The van der Waals surface area contributed by atoms with Crippen molar-refractivity contribution in [1.29, 1.82) is 0 Å². The fourth-order valence-corrected chi connectivity index (χ4v) is 8.28. The lowest BCUT2D eigenvalue weighted by Gasteiger charge is -2.40. The van der Waals surface area contributed by atoms with Gasteiger partial charge in [0.2, 0.25) is 17.7 Å². The van der Waals surface area contributed by atoms with Crippen molar-refractivity contribution in [2.45, 2.75) is 95.9 Å². The number of hydrogen-bond donors (Lipinski definition) is 1. The van der Waals surface area contributed by atoms with E-state index in [0.717, 1.165) is 0 Å². The van der Waals surface area contributed by atoms with Crippen LogP contribution in [0.5, 0.6) is 0 Å². The standard InChI is InChI=1S/C35H46BrN3O7/c1-20(2)17-24(19-40)39-31-33(43)38(21(3)4)16-12-8-11-15-26(41)37(6)22(5)29(23-13-9-7-10-14-23)45-34(44)27-28(32(39)42)35(31)18-25(36)30(27)46-35/h7-10,12-14,18,20-22,24,27-31,40H,11,15-17,19H2,1-6H3/b12-8-/t22-,24-,27+,28-,29+,30+,31+,35-/m1/s1. The van der Waals surface area contributed by atoms with Crippen molar-refractivity contribution in [2.75, 3.05) is 20.2 Å². The third-order valence-electron chi connectivity index (χ3n) is 9.93. The zero-order chi connectivity index (χ0) is 33.5. The second kappa shape index (κ2) is 13.6. The van der Waals surface area contributed by atoms with Crippen molar-refractivity contribution in [3.63, 3.8) is 0 Å². The number of aliphatic hydroxyl groups is 1. The Morgan fingerprint density at radius 2 is 1.72 bits per heavy atom. The van der Waals surface area contributed by atoms with Gasteiger partial charge in [-0.1, -0.05) is 72.3 Å². The Kier molecular flexibility index (Phi) is 10.2. The van der Waals surface area contributed by atoms with Gasteiger partial charge >= 0.3 is 5.97 Å². The molecular formula is C35H46BrN3O7. The zero-order valence-electron chi connectivity index (χ0n) is 27.5. The zero-order valence-corrected chi connectivity index (χ0v) is 29.1. The number of hydrogen-bond acceptors (Lipinski definition) is 7. The number of carbonyl (C=O) groups excluding carboxylic acids is 4. The molecule has 46 heavy (non-hydrogen) atoms. The van der Waals surface area contributed by atoms with Crippen LogP contribution in [-0.4, -0.2) is 99.6 Å². The number of fused-ring (bicyclic) bond motifs is 2. The molecule has 250 valence electrons. The molecule has 1 N–H and O–H groups in total. The summed E-state index contributed by atoms with van der Waals surface area (Å²) >= 11 is 3.60. The molecule has 5 bridgehead atoms. The summed E-state index contributed by atoms with van der Waals surface area (Å²) in [6.45, 7) is 9.58. The first kappa shape index (κ1) is 34.3. The van der Waals surface area contributed by atoms with Crippen molar-refractivity contribution >= 4 is 39.6 Å². The first-order valence-corrected chi connectivity index (χ1v) is 17.1. The van der Waals surface area contributed by atoms with Gasteiger partial charge in [0.15, 0.2) is 0 Å². The fraction of sp³-hybridized carbons (Fsp3) is 0.600.